The lowest BCUT2D eigenvalue weighted by Crippen LogP contribution is -2.76. The number of benzene rings is 9. The van der Waals surface area contributed by atoms with Crippen molar-refractivity contribution in [1.29, 1.82) is 0 Å². The molecule has 104 heavy (non-hydrogen) atoms. The number of aromatic nitrogens is 4. The van der Waals surface area contributed by atoms with Crippen molar-refractivity contribution in [2.75, 3.05) is 0 Å². The molecule has 0 atom stereocenters. The van der Waals surface area contributed by atoms with Crippen molar-refractivity contribution in [3.8, 4) is 44.5 Å². The van der Waals surface area contributed by atoms with E-state index in [1.54, 1.807) is 0 Å². The molecule has 4 aliphatic heterocycles. The third-order valence-corrected chi connectivity index (χ3v) is 32.6. The van der Waals surface area contributed by atoms with Crippen LogP contribution in [0.25, 0.3) is 89.5 Å². The minimum Gasteiger partial charge on any atom is -0.354 e. The largest absolute Gasteiger partial charge is 0.354 e. The van der Waals surface area contributed by atoms with E-state index in [4.69, 9.17) is 9.97 Å². The molecule has 0 unspecified atom stereocenters. The Hall–Kier alpha value is -9.99. The lowest BCUT2D eigenvalue weighted by Gasteiger charge is -2.39. The van der Waals surface area contributed by atoms with Gasteiger partial charge in [-0.05, 0) is 160 Å². The highest BCUT2D eigenvalue weighted by Crippen LogP contribution is 2.52. The first-order valence-corrected chi connectivity index (χ1v) is 41.5. The second-order valence-electron chi connectivity index (χ2n) is 36.0. The Labute approximate surface area is 619 Å². The monoisotopic (exact) mass is 1390 g/mol. The summed E-state index contributed by atoms with van der Waals surface area (Å²) in [5, 5.41) is 10.5. The fourth-order valence-electron chi connectivity index (χ4n) is 17.1. The molecule has 6 heteroatoms. The van der Waals surface area contributed by atoms with Gasteiger partial charge in [0.05, 0.1) is 22.8 Å². The highest BCUT2D eigenvalue weighted by Gasteiger charge is 2.57. The molecule has 0 saturated heterocycles. The number of hydrogen-bond donors (Lipinski definition) is 2. The second-order valence-corrected chi connectivity index (χ2v) is 43.4. The van der Waals surface area contributed by atoms with E-state index in [1.165, 1.54) is 91.6 Å². The summed E-state index contributed by atoms with van der Waals surface area (Å²) in [5.41, 5.74) is 25.9. The number of nitrogens with one attached hydrogen (secondary N) is 2. The molecular weight excluding hydrogens is 1290 g/mol. The van der Waals surface area contributed by atoms with E-state index in [2.05, 4.69) is 389 Å². The van der Waals surface area contributed by atoms with Crippen molar-refractivity contribution in [1.82, 2.24) is 19.9 Å². The first-order valence-electron chi connectivity index (χ1n) is 37.5. The Kier molecular flexibility index (Phi) is 16.0. The van der Waals surface area contributed by atoms with Crippen molar-refractivity contribution in [2.24, 2.45) is 0 Å². The molecule has 3 aromatic heterocycles. The van der Waals surface area contributed by atoms with Crippen molar-refractivity contribution in [3.63, 3.8) is 0 Å². The average molecular weight is 1390 g/mol. The Balaban J connectivity index is 1.25. The summed E-state index contributed by atoms with van der Waals surface area (Å²) in [6.07, 6.45) is 4.62. The molecule has 0 spiro atoms. The van der Waals surface area contributed by atoms with Gasteiger partial charge in [0.1, 0.15) is 0 Å². The van der Waals surface area contributed by atoms with E-state index in [9.17, 15) is 0 Å². The standard InChI is InChI=1S/C98H98N4Si2/c1-93(2,3)64-51-61(52-65(57-64)94(4,5)6)84-77-47-48-79(99-77)85(62-53-66(95(7,8)9)58-67(54-62)96(10,11)12)81-60-76-74-43-31-33-45-82(74)104(72-39-27-21-28-40-72,73-41-29-22-30-42-73)92(88(76)101-81)90-87-75-44-32-34-46-83(75)103(70-35-23-19-24-36-70,71-37-25-20-26-38-71)91(87)89(102-90)86(80-50-49-78(84)100-80)63-55-68(97(13,14)15)59-69(56-63)98(16,17)18/h19-60,100-101H,1-18H3. The maximum atomic E-state index is 6.91. The van der Waals surface area contributed by atoms with E-state index >= 15 is 0 Å². The number of nitrogens with zero attached hydrogens (tertiary/aromatic N) is 2. The van der Waals surface area contributed by atoms with Crippen molar-refractivity contribution in [3.05, 3.63) is 304 Å². The molecule has 2 N–H and O–H groups in total. The number of fused-ring (bicyclic) bond motifs is 14. The molecule has 4 nitrogen and oxygen atoms in total. The molecule has 0 saturated carbocycles. The highest BCUT2D eigenvalue weighted by atomic mass is 28.3. The van der Waals surface area contributed by atoms with Gasteiger partial charge >= 0.3 is 0 Å². The highest BCUT2D eigenvalue weighted by molar-refractivity contribution is 7.26. The number of aromatic amines is 2. The van der Waals surface area contributed by atoms with Crippen LogP contribution in [0.4, 0.5) is 0 Å². The SMILES string of the molecule is CC(C)(C)c1cc(-c2c3nc(c(-c4cc(C(C)(C)C)cc(C(C)(C)C)c4)c4cc5c([nH]4)c(c4nc(c(-c6cc(C(C)(C)C)cc(C(C)(C)C)c6)c6ccc2[nH]6)C2=C4c4ccccc4[Si]2(c2ccccc2)c2ccccc2)[Si](c2ccccc2)(c2ccccc2)c2ccccc2-5)C=C3)cc(C(C)(C)C)c1. The van der Waals surface area contributed by atoms with Gasteiger partial charge in [-0.25, -0.2) is 9.97 Å². The normalized spacial score (nSPS) is 14.7. The van der Waals surface area contributed by atoms with Crippen LogP contribution in [0.1, 0.15) is 186 Å². The summed E-state index contributed by atoms with van der Waals surface area (Å²) in [4.78, 5) is 22.0. The van der Waals surface area contributed by atoms with Gasteiger partial charge in [-0.1, -0.05) is 349 Å². The summed E-state index contributed by atoms with van der Waals surface area (Å²) < 4.78 is 0. The van der Waals surface area contributed by atoms with E-state index in [0.717, 1.165) is 83.8 Å². The number of rotatable bonds is 7. The molecule has 8 bridgehead atoms. The van der Waals surface area contributed by atoms with Crippen molar-refractivity contribution in [2.45, 2.75) is 157 Å². The molecule has 4 aliphatic rings. The van der Waals surface area contributed by atoms with Crippen LogP contribution in [-0.2, 0) is 32.5 Å². The van der Waals surface area contributed by atoms with Gasteiger partial charge in [0.15, 0.2) is 16.1 Å². The quantitative estimate of drug-likeness (QED) is 0.156. The minimum absolute atomic E-state index is 0.163. The van der Waals surface area contributed by atoms with Crippen LogP contribution in [0.3, 0.4) is 0 Å². The molecule has 9 aromatic carbocycles. The maximum absolute atomic E-state index is 6.91. The smallest absolute Gasteiger partial charge is 0.185 e. The van der Waals surface area contributed by atoms with Gasteiger partial charge in [0.2, 0.25) is 0 Å². The van der Waals surface area contributed by atoms with Crippen LogP contribution in [0.5, 0.6) is 0 Å². The number of H-pyrrole nitrogens is 2. The molecule has 0 fully saturated rings. The van der Waals surface area contributed by atoms with Gasteiger partial charge in [0, 0.05) is 55.1 Å². The average Bonchev–Trinajstić information content (AvgIpc) is 1.44. The van der Waals surface area contributed by atoms with E-state index in [1.807, 2.05) is 0 Å². The summed E-state index contributed by atoms with van der Waals surface area (Å²) >= 11 is 0. The Morgan fingerprint density at radius 1 is 0.279 bits per heavy atom. The van der Waals surface area contributed by atoms with E-state index in [-0.39, 0.29) is 32.5 Å². The molecule has 7 heterocycles. The second kappa shape index (κ2) is 24.3. The molecular formula is C98H98N4Si2. The summed E-state index contributed by atoms with van der Waals surface area (Å²) in [5.74, 6) is 0. The molecule has 0 amide bonds. The zero-order valence-corrected chi connectivity index (χ0v) is 66.1. The first-order chi connectivity index (χ1) is 49.3. The van der Waals surface area contributed by atoms with Gasteiger partial charge < -0.3 is 9.97 Å². The lowest BCUT2D eigenvalue weighted by molar-refractivity contribution is 0.568. The topological polar surface area (TPSA) is 57.4 Å². The summed E-state index contributed by atoms with van der Waals surface area (Å²) in [7, 11) is -7.08. The molecule has 12 aromatic rings. The first kappa shape index (κ1) is 68.4. The molecule has 16 rings (SSSR count). The van der Waals surface area contributed by atoms with E-state index < -0.39 is 16.1 Å². The van der Waals surface area contributed by atoms with Crippen molar-refractivity contribution < 1.29 is 0 Å². The Morgan fingerprint density at radius 2 is 0.615 bits per heavy atom. The maximum Gasteiger partial charge on any atom is 0.185 e. The molecule has 0 radical (unpaired) electrons. The van der Waals surface area contributed by atoms with Crippen LogP contribution in [-0.4, -0.2) is 36.1 Å². The van der Waals surface area contributed by atoms with Crippen molar-refractivity contribution >= 4 is 97.4 Å². The minimum atomic E-state index is -3.61. The van der Waals surface area contributed by atoms with Crippen LogP contribution < -0.4 is 36.3 Å². The van der Waals surface area contributed by atoms with Gasteiger partial charge in [0.25, 0.3) is 0 Å². The van der Waals surface area contributed by atoms with Crippen LogP contribution in [0.15, 0.2) is 243 Å². The zero-order valence-electron chi connectivity index (χ0n) is 64.1. The van der Waals surface area contributed by atoms with Crippen LogP contribution in [0, 0.1) is 0 Å². The van der Waals surface area contributed by atoms with Gasteiger partial charge in [-0.15, -0.1) is 0 Å². The van der Waals surface area contributed by atoms with E-state index in [0.29, 0.717) is 0 Å². The van der Waals surface area contributed by atoms with Gasteiger partial charge in [-0.3, -0.25) is 0 Å². The lowest BCUT2D eigenvalue weighted by atomic mass is 9.78. The number of hydrogen-bond acceptors (Lipinski definition) is 2. The fourth-order valence-corrected chi connectivity index (χ4v) is 27.7. The molecule has 518 valence electrons. The third kappa shape index (κ3) is 11.1. The Morgan fingerprint density at radius 3 is 1.02 bits per heavy atom. The zero-order chi connectivity index (χ0) is 73.0. The Bertz CT molecular complexity index is 5530. The van der Waals surface area contributed by atoms with Crippen LogP contribution >= 0.6 is 0 Å². The van der Waals surface area contributed by atoms with Crippen LogP contribution in [0.2, 0.25) is 0 Å². The fraction of sp³-hybridized carbons (Fsp3) is 0.245. The predicted octanol–water partition coefficient (Wildman–Crippen LogP) is 20.6. The summed E-state index contributed by atoms with van der Waals surface area (Å²) in [6, 6.07) is 94.9. The van der Waals surface area contributed by atoms with Gasteiger partial charge in [-0.2, -0.15) is 0 Å². The molecule has 0 aliphatic carbocycles. The third-order valence-electron chi connectivity index (χ3n) is 22.8. The summed E-state index contributed by atoms with van der Waals surface area (Å²) in [6.45, 7) is 42.4. The predicted molar refractivity (Wildman–Crippen MR) is 451 cm³/mol.